The van der Waals surface area contributed by atoms with E-state index < -0.39 is 17.0 Å². The first kappa shape index (κ1) is 25.1. The molecule has 0 radical (unpaired) electrons. The Morgan fingerprint density at radius 1 is 0.735 bits per heavy atom. The Labute approximate surface area is 220 Å². The quantitative estimate of drug-likeness (QED) is 0.209. The van der Waals surface area contributed by atoms with Crippen LogP contribution in [0.2, 0.25) is 0 Å². The Kier molecular flexibility index (Phi) is 8.22. The molecule has 0 bridgehead atoms. The molecule has 0 fully saturated rings. The Bertz CT molecular complexity index is 1290. The van der Waals surface area contributed by atoms with Gasteiger partial charge >= 0.3 is 35.6 Å². The van der Waals surface area contributed by atoms with Crippen molar-refractivity contribution in [3.8, 4) is 22.3 Å². The summed E-state index contributed by atoms with van der Waals surface area (Å²) in [5, 5.41) is 5.19. The van der Waals surface area contributed by atoms with Crippen LogP contribution >= 0.6 is 18.6 Å². The number of halogens is 2. The molecule has 4 heteroatoms. The van der Waals surface area contributed by atoms with Gasteiger partial charge in [0.05, 0.1) is 0 Å². The van der Waals surface area contributed by atoms with Crippen LogP contribution in [0.3, 0.4) is 0 Å². The Morgan fingerprint density at radius 2 is 1.26 bits per heavy atom. The molecule has 1 aliphatic rings. The molecule has 0 heterocycles. The molecule has 0 saturated heterocycles. The minimum atomic E-state index is -0.556. The predicted octanol–water partition coefficient (Wildman–Crippen LogP) is 9.99. The SMILES string of the molecule is Cc1cc(C)c([N-]C(C)c2ccccc2-c2cccc3c2Cc2ccccc2-3)c(C)c1.[Cl][Ti][Cl]. The minimum absolute atomic E-state index is 0.0796. The van der Waals surface area contributed by atoms with E-state index in [1.807, 2.05) is 0 Å². The molecule has 1 unspecified atom stereocenters. The van der Waals surface area contributed by atoms with Gasteiger partial charge in [-0.25, -0.2) is 0 Å². The summed E-state index contributed by atoms with van der Waals surface area (Å²) in [6.45, 7) is 8.70. The first-order chi connectivity index (χ1) is 16.4. The monoisotopic (exact) mass is 520 g/mol. The van der Waals surface area contributed by atoms with E-state index in [-0.39, 0.29) is 6.04 Å². The van der Waals surface area contributed by atoms with E-state index >= 15 is 0 Å². The second-order valence-electron chi connectivity index (χ2n) is 8.88. The Hall–Kier alpha value is -2.03. The van der Waals surface area contributed by atoms with Gasteiger partial charge < -0.3 is 5.32 Å². The number of benzene rings is 4. The third-order valence-corrected chi connectivity index (χ3v) is 6.51. The summed E-state index contributed by atoms with van der Waals surface area (Å²) >= 11 is -0.556. The van der Waals surface area contributed by atoms with Crippen LogP contribution in [-0.2, 0) is 23.5 Å². The maximum atomic E-state index is 5.19. The van der Waals surface area contributed by atoms with E-state index in [1.165, 1.54) is 55.6 Å². The number of nitrogens with zero attached hydrogens (tertiary/aromatic N) is 1. The molecule has 0 aromatic heterocycles. The van der Waals surface area contributed by atoms with E-state index in [9.17, 15) is 0 Å². The van der Waals surface area contributed by atoms with E-state index in [1.54, 1.807) is 0 Å². The van der Waals surface area contributed by atoms with Gasteiger partial charge in [-0.05, 0) is 60.6 Å². The topological polar surface area (TPSA) is 14.1 Å². The first-order valence-electron chi connectivity index (χ1n) is 11.5. The fourth-order valence-corrected chi connectivity index (χ4v) is 5.16. The summed E-state index contributed by atoms with van der Waals surface area (Å²) in [5.41, 5.74) is 14.4. The maximum absolute atomic E-state index is 5.19. The van der Waals surface area contributed by atoms with Crippen LogP contribution in [0, 0.1) is 20.8 Å². The summed E-state index contributed by atoms with van der Waals surface area (Å²) in [4.78, 5) is 0. The third-order valence-electron chi connectivity index (χ3n) is 6.51. The molecule has 0 N–H and O–H groups in total. The van der Waals surface area contributed by atoms with Crippen LogP contribution in [0.4, 0.5) is 5.69 Å². The molecule has 4 aromatic carbocycles. The van der Waals surface area contributed by atoms with Crippen LogP contribution in [0.1, 0.15) is 46.3 Å². The zero-order chi connectivity index (χ0) is 24.2. The number of rotatable bonds is 4. The van der Waals surface area contributed by atoms with Crippen LogP contribution in [0.5, 0.6) is 0 Å². The summed E-state index contributed by atoms with van der Waals surface area (Å²) in [6.07, 6.45) is 0.998. The number of aryl methyl sites for hydroxylation is 3. The molecule has 1 atom stereocenters. The molecule has 1 nitrogen and oxygen atoms in total. The van der Waals surface area contributed by atoms with Crippen LogP contribution in [-0.4, -0.2) is 0 Å². The van der Waals surface area contributed by atoms with Gasteiger partial charge in [-0.2, -0.15) is 0 Å². The van der Waals surface area contributed by atoms with Gasteiger partial charge in [0.2, 0.25) is 0 Å². The standard InChI is InChI=1S/C30H28N.2ClH.Ti/c1-19-16-20(2)30(21(3)17-19)31-22(4)24-11-7-8-13-26(24)28-15-9-14-27-25-12-6-5-10-23(25)18-29(27)28;;;/h5-17,22H,18H2,1-4H3;2*1H;/q-1;;;+2/p-2. The number of hydrogen-bond donors (Lipinski definition) is 0. The van der Waals surface area contributed by atoms with Crippen molar-refractivity contribution in [1.82, 2.24) is 0 Å². The summed E-state index contributed by atoms with van der Waals surface area (Å²) in [6, 6.07) is 28.8. The van der Waals surface area contributed by atoms with Gasteiger partial charge in [-0.15, -0.1) is 5.69 Å². The van der Waals surface area contributed by atoms with Gasteiger partial charge in [0, 0.05) is 0 Å². The second kappa shape index (κ2) is 11.1. The molecule has 172 valence electrons. The van der Waals surface area contributed by atoms with Gasteiger partial charge in [0.25, 0.3) is 0 Å². The average Bonchev–Trinajstić information content (AvgIpc) is 3.21. The van der Waals surface area contributed by atoms with Gasteiger partial charge in [0.15, 0.2) is 0 Å². The van der Waals surface area contributed by atoms with Crippen molar-refractivity contribution in [1.29, 1.82) is 0 Å². The Balaban J connectivity index is 0.000000868. The molecular formula is C30H28Cl2NTi-. The molecule has 34 heavy (non-hydrogen) atoms. The molecule has 1 aliphatic carbocycles. The zero-order valence-electron chi connectivity index (χ0n) is 20.0. The van der Waals surface area contributed by atoms with Gasteiger partial charge in [0.1, 0.15) is 0 Å². The normalized spacial score (nSPS) is 12.2. The summed E-state index contributed by atoms with van der Waals surface area (Å²) in [7, 11) is 9.78. The van der Waals surface area contributed by atoms with E-state index in [0.717, 1.165) is 12.1 Å². The average molecular weight is 521 g/mol. The van der Waals surface area contributed by atoms with Crippen LogP contribution < -0.4 is 0 Å². The van der Waals surface area contributed by atoms with Crippen molar-refractivity contribution >= 4 is 24.3 Å². The van der Waals surface area contributed by atoms with E-state index in [2.05, 4.69) is 107 Å². The van der Waals surface area contributed by atoms with Crippen molar-refractivity contribution in [3.05, 3.63) is 118 Å². The van der Waals surface area contributed by atoms with Gasteiger partial charge in [-0.1, -0.05) is 114 Å². The van der Waals surface area contributed by atoms with E-state index in [4.69, 9.17) is 23.9 Å². The molecule has 4 aromatic rings. The van der Waals surface area contributed by atoms with Crippen molar-refractivity contribution in [2.75, 3.05) is 0 Å². The Morgan fingerprint density at radius 3 is 1.94 bits per heavy atom. The van der Waals surface area contributed by atoms with Crippen molar-refractivity contribution in [2.24, 2.45) is 0 Å². The fraction of sp³-hybridized carbons (Fsp3) is 0.200. The fourth-order valence-electron chi connectivity index (χ4n) is 5.16. The zero-order valence-corrected chi connectivity index (χ0v) is 23.1. The summed E-state index contributed by atoms with van der Waals surface area (Å²) < 4.78 is 0. The molecule has 0 spiro atoms. The molecule has 0 saturated carbocycles. The van der Waals surface area contributed by atoms with Crippen LogP contribution in [0.25, 0.3) is 27.6 Å². The molecule has 0 amide bonds. The van der Waals surface area contributed by atoms with Crippen molar-refractivity contribution in [2.45, 2.75) is 40.2 Å². The van der Waals surface area contributed by atoms with Crippen LogP contribution in [0.15, 0.2) is 78.9 Å². The molecule has 0 aliphatic heterocycles. The second-order valence-corrected chi connectivity index (χ2v) is 11.5. The predicted molar refractivity (Wildman–Crippen MR) is 144 cm³/mol. The van der Waals surface area contributed by atoms with Crippen molar-refractivity contribution in [3.63, 3.8) is 0 Å². The van der Waals surface area contributed by atoms with E-state index in [0.29, 0.717) is 0 Å². The van der Waals surface area contributed by atoms with Gasteiger partial charge in [-0.3, -0.25) is 0 Å². The van der Waals surface area contributed by atoms with Crippen molar-refractivity contribution < 1.29 is 17.0 Å². The number of fused-ring (bicyclic) bond motifs is 3. The number of hydrogen-bond acceptors (Lipinski definition) is 0. The summed E-state index contributed by atoms with van der Waals surface area (Å²) in [5.74, 6) is 0. The third kappa shape index (κ3) is 5.14. The molecule has 5 rings (SSSR count). The molecular weight excluding hydrogens is 493 g/mol. The first-order valence-corrected chi connectivity index (χ1v) is 15.8.